The number of halogens is 4. The van der Waals surface area contributed by atoms with E-state index in [-0.39, 0.29) is 29.7 Å². The average molecular weight is 305 g/mol. The van der Waals surface area contributed by atoms with E-state index >= 15 is 0 Å². The van der Waals surface area contributed by atoms with Crippen LogP contribution in [0.15, 0.2) is 12.1 Å². The van der Waals surface area contributed by atoms with Crippen LogP contribution in [0.2, 0.25) is 0 Å². The molecule has 21 heavy (non-hydrogen) atoms. The number of carbonyl (C=O) groups is 2. The van der Waals surface area contributed by atoms with Crippen LogP contribution in [0.5, 0.6) is 0 Å². The van der Waals surface area contributed by atoms with Gasteiger partial charge in [0.05, 0.1) is 12.7 Å². The molecular weight excluding hydrogens is 294 g/mol. The van der Waals surface area contributed by atoms with Crippen molar-refractivity contribution in [2.45, 2.75) is 19.1 Å². The summed E-state index contributed by atoms with van der Waals surface area (Å²) in [5.41, 5.74) is 0.170. The molecule has 0 radical (unpaired) electrons. The summed E-state index contributed by atoms with van der Waals surface area (Å²) >= 11 is 0. The van der Waals surface area contributed by atoms with E-state index in [4.69, 9.17) is 0 Å². The Morgan fingerprint density at radius 3 is 2.48 bits per heavy atom. The van der Waals surface area contributed by atoms with Gasteiger partial charge in [-0.05, 0) is 29.7 Å². The minimum absolute atomic E-state index is 0.0337. The Bertz CT molecular complexity index is 598. The van der Waals surface area contributed by atoms with Crippen molar-refractivity contribution < 1.29 is 31.9 Å². The van der Waals surface area contributed by atoms with Crippen molar-refractivity contribution in [3.63, 3.8) is 0 Å². The highest BCUT2D eigenvalue weighted by molar-refractivity contribution is 5.92. The molecule has 1 heterocycles. The fourth-order valence-corrected chi connectivity index (χ4v) is 2.29. The first kappa shape index (κ1) is 15.3. The number of fused-ring (bicyclic) bond motifs is 1. The number of nitrogens with zero attached hydrogens (tertiary/aromatic N) is 1. The Labute approximate surface area is 117 Å². The maximum Gasteiger partial charge on any atom is 0.471 e. The zero-order valence-electron chi connectivity index (χ0n) is 11.0. The van der Waals surface area contributed by atoms with E-state index in [1.807, 2.05) is 0 Å². The fraction of sp³-hybridized carbons (Fsp3) is 0.385. The summed E-state index contributed by atoms with van der Waals surface area (Å²) in [7, 11) is 1.11. The van der Waals surface area contributed by atoms with Crippen molar-refractivity contribution in [2.24, 2.45) is 0 Å². The Morgan fingerprint density at radius 1 is 1.24 bits per heavy atom. The third-order valence-electron chi connectivity index (χ3n) is 3.29. The molecule has 0 aromatic heterocycles. The molecule has 1 aliphatic heterocycles. The number of hydrogen-bond donors (Lipinski definition) is 0. The maximum absolute atomic E-state index is 13.7. The van der Waals surface area contributed by atoms with Crippen molar-refractivity contribution in [1.82, 2.24) is 4.90 Å². The van der Waals surface area contributed by atoms with Crippen LogP contribution in [0.25, 0.3) is 0 Å². The van der Waals surface area contributed by atoms with Crippen LogP contribution in [0.4, 0.5) is 17.6 Å². The summed E-state index contributed by atoms with van der Waals surface area (Å²) in [6, 6.07) is 2.20. The Hall–Kier alpha value is -2.12. The van der Waals surface area contributed by atoms with Crippen LogP contribution in [-0.2, 0) is 22.5 Å². The van der Waals surface area contributed by atoms with Crippen molar-refractivity contribution in [3.05, 3.63) is 34.6 Å². The van der Waals surface area contributed by atoms with Crippen molar-refractivity contribution in [2.75, 3.05) is 13.7 Å². The predicted octanol–water partition coefficient (Wildman–Crippen LogP) is 2.06. The van der Waals surface area contributed by atoms with E-state index in [1.165, 1.54) is 0 Å². The van der Waals surface area contributed by atoms with Crippen molar-refractivity contribution in [3.8, 4) is 0 Å². The lowest BCUT2D eigenvalue weighted by molar-refractivity contribution is -0.186. The Balaban J connectivity index is 2.41. The molecule has 0 bridgehead atoms. The molecule has 8 heteroatoms. The number of rotatable bonds is 1. The third-order valence-corrected chi connectivity index (χ3v) is 3.29. The van der Waals surface area contributed by atoms with Gasteiger partial charge in [-0.1, -0.05) is 0 Å². The molecule has 2 rings (SSSR count). The predicted molar refractivity (Wildman–Crippen MR) is 62.9 cm³/mol. The molecule has 1 aliphatic rings. The van der Waals surface area contributed by atoms with Crippen molar-refractivity contribution in [1.29, 1.82) is 0 Å². The van der Waals surface area contributed by atoms with Crippen LogP contribution in [0.1, 0.15) is 21.5 Å². The van der Waals surface area contributed by atoms with E-state index in [9.17, 15) is 27.2 Å². The summed E-state index contributed by atoms with van der Waals surface area (Å²) in [6.07, 6.45) is -5.09. The first-order valence-electron chi connectivity index (χ1n) is 6.00. The zero-order chi connectivity index (χ0) is 15.8. The second-order valence-corrected chi connectivity index (χ2v) is 4.52. The minimum Gasteiger partial charge on any atom is -0.465 e. The number of carbonyl (C=O) groups excluding carboxylic acids is 2. The second kappa shape index (κ2) is 5.34. The van der Waals surface area contributed by atoms with Gasteiger partial charge >= 0.3 is 18.1 Å². The monoisotopic (exact) mass is 305 g/mol. The van der Waals surface area contributed by atoms with Crippen LogP contribution in [0, 0.1) is 5.82 Å². The number of benzene rings is 1. The number of amides is 1. The number of alkyl halides is 3. The molecule has 0 N–H and O–H groups in total. The molecule has 0 aliphatic carbocycles. The second-order valence-electron chi connectivity index (χ2n) is 4.52. The first-order chi connectivity index (χ1) is 9.75. The van der Waals surface area contributed by atoms with E-state index < -0.39 is 30.4 Å². The van der Waals surface area contributed by atoms with Gasteiger partial charge in [0.25, 0.3) is 0 Å². The van der Waals surface area contributed by atoms with Gasteiger partial charge in [0.15, 0.2) is 0 Å². The molecule has 0 saturated heterocycles. The van der Waals surface area contributed by atoms with Gasteiger partial charge < -0.3 is 9.64 Å². The molecule has 0 unspecified atom stereocenters. The lowest BCUT2D eigenvalue weighted by atomic mass is 9.94. The molecule has 1 aromatic carbocycles. The highest BCUT2D eigenvalue weighted by atomic mass is 19.4. The van der Waals surface area contributed by atoms with E-state index in [0.29, 0.717) is 4.90 Å². The normalized spacial score (nSPS) is 14.6. The number of hydrogen-bond acceptors (Lipinski definition) is 3. The van der Waals surface area contributed by atoms with Gasteiger partial charge in [-0.2, -0.15) is 13.2 Å². The van der Waals surface area contributed by atoms with E-state index in [2.05, 4.69) is 4.74 Å². The molecule has 4 nitrogen and oxygen atoms in total. The number of esters is 1. The summed E-state index contributed by atoms with van der Waals surface area (Å²) in [6.45, 7) is -0.733. The van der Waals surface area contributed by atoms with E-state index in [1.54, 1.807) is 0 Å². The van der Waals surface area contributed by atoms with Gasteiger partial charge in [0, 0.05) is 13.1 Å². The average Bonchev–Trinajstić information content (AvgIpc) is 2.44. The molecule has 0 saturated carbocycles. The minimum atomic E-state index is -5.00. The standard InChI is InChI=1S/C13H11F4NO3/c1-21-11(19)8-2-3-10(14)7-4-5-18(6-9(7)8)12(20)13(15,16)17/h2-3H,4-6H2,1H3. The smallest absolute Gasteiger partial charge is 0.465 e. The van der Waals surface area contributed by atoms with E-state index in [0.717, 1.165) is 19.2 Å². The van der Waals surface area contributed by atoms with Gasteiger partial charge in [-0.15, -0.1) is 0 Å². The van der Waals surface area contributed by atoms with Gasteiger partial charge in [-0.25, -0.2) is 9.18 Å². The van der Waals surface area contributed by atoms with Crippen LogP contribution in [-0.4, -0.2) is 36.6 Å². The molecule has 0 spiro atoms. The molecule has 0 fully saturated rings. The van der Waals surface area contributed by atoms with Crippen LogP contribution in [0.3, 0.4) is 0 Å². The largest absolute Gasteiger partial charge is 0.471 e. The summed E-state index contributed by atoms with van der Waals surface area (Å²) in [5.74, 6) is -3.41. The highest BCUT2D eigenvalue weighted by Gasteiger charge is 2.43. The Kier molecular flexibility index (Phi) is 3.89. The quantitative estimate of drug-likeness (QED) is 0.589. The summed E-state index contributed by atoms with van der Waals surface area (Å²) in [5, 5.41) is 0. The topological polar surface area (TPSA) is 46.6 Å². The first-order valence-corrected chi connectivity index (χ1v) is 6.00. The highest BCUT2D eigenvalue weighted by Crippen LogP contribution is 2.28. The Morgan fingerprint density at radius 2 is 1.90 bits per heavy atom. The molecule has 0 atom stereocenters. The third kappa shape index (κ3) is 2.84. The zero-order valence-corrected chi connectivity index (χ0v) is 11.0. The molecular formula is C13H11F4NO3. The lowest BCUT2D eigenvalue weighted by Crippen LogP contribution is -2.44. The lowest BCUT2D eigenvalue weighted by Gasteiger charge is -2.30. The fourth-order valence-electron chi connectivity index (χ4n) is 2.29. The maximum atomic E-state index is 13.7. The van der Waals surface area contributed by atoms with Crippen molar-refractivity contribution >= 4 is 11.9 Å². The molecule has 114 valence electrons. The SMILES string of the molecule is COC(=O)c1ccc(F)c2c1CN(C(=O)C(F)(F)F)CC2. The number of ether oxygens (including phenoxy) is 1. The van der Waals surface area contributed by atoms with Gasteiger partial charge in [0.1, 0.15) is 5.82 Å². The molecule has 1 aromatic rings. The van der Waals surface area contributed by atoms with Crippen LogP contribution < -0.4 is 0 Å². The summed E-state index contributed by atoms with van der Waals surface area (Å²) < 4.78 is 55.6. The molecule has 1 amide bonds. The summed E-state index contributed by atoms with van der Waals surface area (Å²) in [4.78, 5) is 23.4. The van der Waals surface area contributed by atoms with Gasteiger partial charge in [-0.3, -0.25) is 4.79 Å². The van der Waals surface area contributed by atoms with Crippen LogP contribution >= 0.6 is 0 Å². The number of methoxy groups -OCH3 is 1. The van der Waals surface area contributed by atoms with Gasteiger partial charge in [0.2, 0.25) is 0 Å².